The number of carbonyl (C=O) groups excluding carboxylic acids is 1. The van der Waals surface area contributed by atoms with Crippen LogP contribution in [0, 0.1) is 18.3 Å². The van der Waals surface area contributed by atoms with Crippen LogP contribution in [0.3, 0.4) is 0 Å². The van der Waals surface area contributed by atoms with Gasteiger partial charge in [-0.1, -0.05) is 66.2 Å². The van der Waals surface area contributed by atoms with Gasteiger partial charge >= 0.3 is 5.97 Å². The fraction of sp³-hybridized carbons (Fsp3) is 0.0769. The standard InChI is InChI=1S/C26H20N2O3/c1-17-7-10-19(11-8-17)25-21-13-12-20(15-23(21)31-26(28)22(25)16-27)30-24(29)14-9-18-5-3-2-4-6-18/h2-15,25H,28H2,1H3/b14-9+. The van der Waals surface area contributed by atoms with Gasteiger partial charge in [0.05, 0.1) is 5.92 Å². The number of nitrogens with two attached hydrogens (primary N) is 1. The fourth-order valence-electron chi connectivity index (χ4n) is 3.48. The molecule has 0 aromatic heterocycles. The Morgan fingerprint density at radius 3 is 2.55 bits per heavy atom. The molecule has 0 radical (unpaired) electrons. The molecule has 0 aliphatic carbocycles. The number of nitrogens with zero attached hydrogens (tertiary/aromatic N) is 1. The van der Waals surface area contributed by atoms with E-state index in [4.69, 9.17) is 15.2 Å². The van der Waals surface area contributed by atoms with Crippen molar-refractivity contribution < 1.29 is 14.3 Å². The molecule has 5 nitrogen and oxygen atoms in total. The van der Waals surface area contributed by atoms with Gasteiger partial charge in [-0.2, -0.15) is 5.26 Å². The van der Waals surface area contributed by atoms with Crippen molar-refractivity contribution in [2.75, 3.05) is 0 Å². The summed E-state index contributed by atoms with van der Waals surface area (Å²) in [5.74, 6) is -0.0160. The molecular formula is C26H20N2O3. The van der Waals surface area contributed by atoms with Crippen molar-refractivity contribution in [3.05, 3.63) is 113 Å². The van der Waals surface area contributed by atoms with E-state index >= 15 is 0 Å². The molecule has 1 aliphatic rings. The van der Waals surface area contributed by atoms with Gasteiger partial charge in [-0.3, -0.25) is 0 Å². The number of ether oxygens (including phenoxy) is 2. The van der Waals surface area contributed by atoms with Crippen molar-refractivity contribution >= 4 is 12.0 Å². The predicted molar refractivity (Wildman–Crippen MR) is 118 cm³/mol. The van der Waals surface area contributed by atoms with Gasteiger partial charge in [-0.25, -0.2) is 4.79 Å². The van der Waals surface area contributed by atoms with E-state index in [9.17, 15) is 10.1 Å². The van der Waals surface area contributed by atoms with Crippen LogP contribution < -0.4 is 15.2 Å². The fourth-order valence-corrected chi connectivity index (χ4v) is 3.48. The third kappa shape index (κ3) is 4.34. The van der Waals surface area contributed by atoms with E-state index in [2.05, 4.69) is 6.07 Å². The second-order valence-corrected chi connectivity index (χ2v) is 7.20. The molecule has 3 aromatic rings. The lowest BCUT2D eigenvalue weighted by atomic mass is 9.83. The summed E-state index contributed by atoms with van der Waals surface area (Å²) in [7, 11) is 0. The summed E-state index contributed by atoms with van der Waals surface area (Å²) in [6, 6.07) is 24.7. The maximum atomic E-state index is 12.2. The number of allylic oxidation sites excluding steroid dienone is 1. The first-order chi connectivity index (χ1) is 15.0. The number of fused-ring (bicyclic) bond motifs is 1. The molecule has 0 saturated carbocycles. The van der Waals surface area contributed by atoms with Crippen molar-refractivity contribution in [3.63, 3.8) is 0 Å². The highest BCUT2D eigenvalue weighted by Gasteiger charge is 2.30. The number of nitriles is 1. The summed E-state index contributed by atoms with van der Waals surface area (Å²) in [5, 5.41) is 9.66. The van der Waals surface area contributed by atoms with Crippen molar-refractivity contribution in [3.8, 4) is 17.6 Å². The number of hydrogen-bond donors (Lipinski definition) is 1. The molecule has 1 heterocycles. The second kappa shape index (κ2) is 8.60. The average molecular weight is 408 g/mol. The Hall–Kier alpha value is -4.30. The molecule has 0 amide bonds. The smallest absolute Gasteiger partial charge is 0.336 e. The van der Waals surface area contributed by atoms with E-state index in [1.54, 1.807) is 24.3 Å². The minimum absolute atomic E-state index is 0.0491. The summed E-state index contributed by atoms with van der Waals surface area (Å²) in [6.07, 6.45) is 3.05. The Morgan fingerprint density at radius 2 is 1.84 bits per heavy atom. The van der Waals surface area contributed by atoms with Crippen LogP contribution in [-0.4, -0.2) is 5.97 Å². The largest absolute Gasteiger partial charge is 0.440 e. The van der Waals surface area contributed by atoms with E-state index in [-0.39, 0.29) is 11.8 Å². The minimum Gasteiger partial charge on any atom is -0.440 e. The van der Waals surface area contributed by atoms with Crippen LogP contribution >= 0.6 is 0 Å². The molecule has 3 aromatic carbocycles. The molecule has 4 rings (SSSR count). The van der Waals surface area contributed by atoms with Gasteiger partial charge in [-0.15, -0.1) is 0 Å². The van der Waals surface area contributed by atoms with Crippen LogP contribution in [-0.2, 0) is 4.79 Å². The van der Waals surface area contributed by atoms with Crippen LogP contribution in [0.2, 0.25) is 0 Å². The highest BCUT2D eigenvalue weighted by Crippen LogP contribution is 2.43. The van der Waals surface area contributed by atoms with Crippen molar-refractivity contribution in [2.24, 2.45) is 5.73 Å². The van der Waals surface area contributed by atoms with Gasteiger partial charge in [0.25, 0.3) is 0 Å². The number of rotatable bonds is 4. The Morgan fingerprint density at radius 1 is 1.10 bits per heavy atom. The van der Waals surface area contributed by atoms with Gasteiger partial charge in [0.2, 0.25) is 5.88 Å². The van der Waals surface area contributed by atoms with Gasteiger partial charge in [0, 0.05) is 17.7 Å². The highest BCUT2D eigenvalue weighted by molar-refractivity contribution is 5.88. The maximum Gasteiger partial charge on any atom is 0.336 e. The van der Waals surface area contributed by atoms with E-state index < -0.39 is 5.97 Å². The summed E-state index contributed by atoms with van der Waals surface area (Å²) in [6.45, 7) is 2.00. The lowest BCUT2D eigenvalue weighted by Gasteiger charge is -2.26. The second-order valence-electron chi connectivity index (χ2n) is 7.20. The van der Waals surface area contributed by atoms with Crippen LogP contribution in [0.25, 0.3) is 6.08 Å². The maximum absolute atomic E-state index is 12.2. The molecule has 152 valence electrons. The SMILES string of the molecule is Cc1ccc(C2C(C#N)=C(N)Oc3cc(OC(=O)/C=C/c4ccccc4)ccc32)cc1. The highest BCUT2D eigenvalue weighted by atomic mass is 16.5. The zero-order valence-electron chi connectivity index (χ0n) is 16.9. The van der Waals surface area contributed by atoms with E-state index in [1.165, 1.54) is 6.08 Å². The average Bonchev–Trinajstić information content (AvgIpc) is 2.78. The minimum atomic E-state index is -0.504. The first kappa shape index (κ1) is 20.0. The van der Waals surface area contributed by atoms with Crippen molar-refractivity contribution in [1.29, 1.82) is 5.26 Å². The summed E-state index contributed by atoms with van der Waals surface area (Å²) in [5.41, 5.74) is 10.1. The lowest BCUT2D eigenvalue weighted by Crippen LogP contribution is -2.21. The number of aryl methyl sites for hydroxylation is 1. The molecule has 2 N–H and O–H groups in total. The molecule has 0 spiro atoms. The van der Waals surface area contributed by atoms with Crippen LogP contribution in [0.15, 0.2) is 90.3 Å². The summed E-state index contributed by atoms with van der Waals surface area (Å²) in [4.78, 5) is 12.2. The Bertz CT molecular complexity index is 1220. The molecule has 0 saturated heterocycles. The van der Waals surface area contributed by atoms with E-state index in [0.29, 0.717) is 17.1 Å². The number of esters is 1. The third-order valence-electron chi connectivity index (χ3n) is 5.03. The van der Waals surface area contributed by atoms with E-state index in [1.807, 2.05) is 61.5 Å². The molecule has 5 heteroatoms. The summed E-state index contributed by atoms with van der Waals surface area (Å²) < 4.78 is 11.1. The lowest BCUT2D eigenvalue weighted by molar-refractivity contribution is -0.128. The Balaban J connectivity index is 1.61. The molecule has 1 unspecified atom stereocenters. The van der Waals surface area contributed by atoms with Gasteiger partial charge in [0.15, 0.2) is 0 Å². The monoisotopic (exact) mass is 408 g/mol. The predicted octanol–water partition coefficient (Wildman–Crippen LogP) is 4.83. The first-order valence-electron chi connectivity index (χ1n) is 9.78. The van der Waals surface area contributed by atoms with Crippen LogP contribution in [0.1, 0.15) is 28.2 Å². The molecule has 1 aliphatic heterocycles. The van der Waals surface area contributed by atoms with Crippen molar-refractivity contribution in [1.82, 2.24) is 0 Å². The quantitative estimate of drug-likeness (QED) is 0.380. The third-order valence-corrected chi connectivity index (χ3v) is 5.03. The molecule has 0 bridgehead atoms. The van der Waals surface area contributed by atoms with E-state index in [0.717, 1.165) is 22.3 Å². The topological polar surface area (TPSA) is 85.3 Å². The van der Waals surface area contributed by atoms with Gasteiger partial charge in [0.1, 0.15) is 23.1 Å². The first-order valence-corrected chi connectivity index (χ1v) is 9.78. The Kier molecular flexibility index (Phi) is 5.55. The molecule has 31 heavy (non-hydrogen) atoms. The van der Waals surface area contributed by atoms with Gasteiger partial charge < -0.3 is 15.2 Å². The zero-order chi connectivity index (χ0) is 21.8. The van der Waals surface area contributed by atoms with Crippen LogP contribution in [0.4, 0.5) is 0 Å². The normalized spacial score (nSPS) is 15.2. The van der Waals surface area contributed by atoms with Crippen LogP contribution in [0.5, 0.6) is 11.5 Å². The molecule has 1 atom stereocenters. The van der Waals surface area contributed by atoms with Crippen molar-refractivity contribution in [2.45, 2.75) is 12.8 Å². The van der Waals surface area contributed by atoms with Gasteiger partial charge in [-0.05, 0) is 30.2 Å². The zero-order valence-corrected chi connectivity index (χ0v) is 16.9. The number of carbonyl (C=O) groups is 1. The Labute approximate surface area is 180 Å². The molecular weight excluding hydrogens is 388 g/mol. The number of benzene rings is 3. The molecule has 0 fully saturated rings. The number of hydrogen-bond acceptors (Lipinski definition) is 5. The summed E-state index contributed by atoms with van der Waals surface area (Å²) >= 11 is 0.